The topological polar surface area (TPSA) is 50.7 Å². The zero-order valence-electron chi connectivity index (χ0n) is 9.19. The fraction of sp³-hybridized carbons (Fsp3) is 0.273. The van der Waals surface area contributed by atoms with Gasteiger partial charge in [0, 0.05) is 5.56 Å². The molecule has 0 aromatic heterocycles. The van der Waals surface area contributed by atoms with Crippen LogP contribution in [-0.2, 0) is 4.74 Å². The van der Waals surface area contributed by atoms with Gasteiger partial charge >= 0.3 is 6.09 Å². The van der Waals surface area contributed by atoms with Crippen LogP contribution in [0.15, 0.2) is 35.4 Å². The summed E-state index contributed by atoms with van der Waals surface area (Å²) in [7, 11) is 0. The first-order valence-corrected chi connectivity index (χ1v) is 5.86. The Kier molecular flexibility index (Phi) is 5.80. The third kappa shape index (κ3) is 4.63. The van der Waals surface area contributed by atoms with Gasteiger partial charge in [0.1, 0.15) is 5.71 Å². The van der Waals surface area contributed by atoms with E-state index in [2.05, 4.69) is 15.3 Å². The van der Waals surface area contributed by atoms with Crippen molar-refractivity contribution in [1.82, 2.24) is 5.43 Å². The number of amides is 1. The second kappa shape index (κ2) is 7.14. The molecule has 0 aliphatic rings. The number of ether oxygens (including phenoxy) is 1. The number of carbonyl (C=O) groups excluding carboxylic acids is 1. The second-order valence-electron chi connectivity index (χ2n) is 3.00. The third-order valence-electron chi connectivity index (χ3n) is 1.82. The number of alkyl halides is 2. The Morgan fingerprint density at radius 3 is 2.59 bits per heavy atom. The summed E-state index contributed by atoms with van der Waals surface area (Å²) in [4.78, 5) is 10.2. The Hall–Kier alpha value is -1.26. The van der Waals surface area contributed by atoms with Crippen molar-refractivity contribution < 1.29 is 9.53 Å². The van der Waals surface area contributed by atoms with Crippen LogP contribution in [0.4, 0.5) is 4.79 Å². The van der Waals surface area contributed by atoms with E-state index in [-0.39, 0.29) is 6.61 Å². The highest BCUT2D eigenvalue weighted by Crippen LogP contribution is 2.12. The lowest BCUT2D eigenvalue weighted by Crippen LogP contribution is -2.23. The predicted octanol–water partition coefficient (Wildman–Crippen LogP) is 2.94. The van der Waals surface area contributed by atoms with Gasteiger partial charge in [0.2, 0.25) is 0 Å². The number of rotatable bonds is 4. The van der Waals surface area contributed by atoms with Crippen LogP contribution in [0.2, 0.25) is 0 Å². The maximum atomic E-state index is 11.1. The second-order valence-corrected chi connectivity index (χ2v) is 4.09. The fourth-order valence-corrected chi connectivity index (χ4v) is 1.47. The smallest absolute Gasteiger partial charge is 0.427 e. The van der Waals surface area contributed by atoms with E-state index in [0.29, 0.717) is 5.71 Å². The Labute approximate surface area is 110 Å². The number of halogens is 2. The number of hydrogen-bond donors (Lipinski definition) is 1. The largest absolute Gasteiger partial charge is 0.449 e. The average Bonchev–Trinajstić information content (AvgIpc) is 2.30. The maximum absolute atomic E-state index is 11.1. The summed E-state index contributed by atoms with van der Waals surface area (Å²) in [6, 6.07) is 9.10. The van der Waals surface area contributed by atoms with Crippen molar-refractivity contribution >= 4 is 35.0 Å². The molecular formula is C11H12Cl2N2O2. The van der Waals surface area contributed by atoms with Crippen molar-refractivity contribution in [1.29, 1.82) is 0 Å². The predicted molar refractivity (Wildman–Crippen MR) is 68.6 cm³/mol. The maximum Gasteiger partial charge on any atom is 0.427 e. The molecule has 1 N–H and O–H groups in total. The van der Waals surface area contributed by atoms with Gasteiger partial charge in [0.15, 0.2) is 4.84 Å². The highest BCUT2D eigenvalue weighted by Gasteiger charge is 2.12. The quantitative estimate of drug-likeness (QED) is 0.521. The molecule has 6 heteroatoms. The molecule has 17 heavy (non-hydrogen) atoms. The molecule has 4 nitrogen and oxygen atoms in total. The fourth-order valence-electron chi connectivity index (χ4n) is 1.12. The number of hydrazone groups is 1. The SMILES string of the molecule is CCOC(=O)N/N=C(/c1ccccc1)C(Cl)Cl. The molecule has 0 saturated heterocycles. The number of benzene rings is 1. The zero-order valence-corrected chi connectivity index (χ0v) is 10.7. The Morgan fingerprint density at radius 1 is 1.41 bits per heavy atom. The molecule has 92 valence electrons. The van der Waals surface area contributed by atoms with E-state index >= 15 is 0 Å². The minimum absolute atomic E-state index is 0.271. The van der Waals surface area contributed by atoms with Gasteiger partial charge in [-0.3, -0.25) is 0 Å². The molecule has 0 spiro atoms. The van der Waals surface area contributed by atoms with Crippen LogP contribution < -0.4 is 5.43 Å². The van der Waals surface area contributed by atoms with E-state index in [1.807, 2.05) is 18.2 Å². The van der Waals surface area contributed by atoms with Crippen molar-refractivity contribution in [3.05, 3.63) is 35.9 Å². The molecule has 0 atom stereocenters. The summed E-state index contributed by atoms with van der Waals surface area (Å²) in [5.41, 5.74) is 3.32. The average molecular weight is 275 g/mol. The minimum Gasteiger partial charge on any atom is -0.449 e. The lowest BCUT2D eigenvalue weighted by Gasteiger charge is -2.07. The van der Waals surface area contributed by atoms with E-state index in [9.17, 15) is 4.79 Å². The van der Waals surface area contributed by atoms with Gasteiger partial charge in [-0.25, -0.2) is 10.2 Å². The van der Waals surface area contributed by atoms with Gasteiger partial charge < -0.3 is 4.74 Å². The Bertz CT molecular complexity index is 394. The molecule has 0 radical (unpaired) electrons. The summed E-state index contributed by atoms with van der Waals surface area (Å²) < 4.78 is 4.66. The molecule has 0 aliphatic heterocycles. The lowest BCUT2D eigenvalue weighted by atomic mass is 10.1. The van der Waals surface area contributed by atoms with Crippen LogP contribution in [0.5, 0.6) is 0 Å². The number of nitrogens with zero attached hydrogens (tertiary/aromatic N) is 1. The van der Waals surface area contributed by atoms with Gasteiger partial charge in [0.05, 0.1) is 6.61 Å². The van der Waals surface area contributed by atoms with Crippen molar-refractivity contribution in [2.24, 2.45) is 5.10 Å². The van der Waals surface area contributed by atoms with Crippen molar-refractivity contribution in [3.8, 4) is 0 Å². The van der Waals surface area contributed by atoms with E-state index < -0.39 is 10.9 Å². The van der Waals surface area contributed by atoms with Crippen LogP contribution in [0.3, 0.4) is 0 Å². The summed E-state index contributed by atoms with van der Waals surface area (Å²) in [5.74, 6) is 0. The molecule has 0 fully saturated rings. The zero-order chi connectivity index (χ0) is 12.7. The number of hydrogen-bond acceptors (Lipinski definition) is 3. The highest BCUT2D eigenvalue weighted by atomic mass is 35.5. The third-order valence-corrected chi connectivity index (χ3v) is 2.23. The Balaban J connectivity index is 2.80. The number of nitrogens with one attached hydrogen (secondary N) is 1. The minimum atomic E-state index is -0.834. The van der Waals surface area contributed by atoms with Crippen molar-refractivity contribution in [2.45, 2.75) is 11.8 Å². The Morgan fingerprint density at radius 2 is 2.06 bits per heavy atom. The summed E-state index contributed by atoms with van der Waals surface area (Å²) in [6.45, 7) is 1.97. The first-order chi connectivity index (χ1) is 8.15. The number of carbonyl (C=O) groups is 1. The van der Waals surface area contributed by atoms with Crippen LogP contribution in [0, 0.1) is 0 Å². The molecule has 1 aromatic carbocycles. The molecule has 1 aromatic rings. The highest BCUT2D eigenvalue weighted by molar-refractivity contribution is 6.56. The molecule has 0 bridgehead atoms. The van der Waals surface area contributed by atoms with Crippen LogP contribution in [0.25, 0.3) is 0 Å². The normalized spacial score (nSPS) is 11.4. The molecule has 0 unspecified atom stereocenters. The van der Waals surface area contributed by atoms with Crippen LogP contribution in [-0.4, -0.2) is 23.2 Å². The molecular weight excluding hydrogens is 263 g/mol. The first kappa shape index (κ1) is 13.8. The molecule has 0 saturated carbocycles. The van der Waals surface area contributed by atoms with E-state index in [1.165, 1.54) is 0 Å². The lowest BCUT2D eigenvalue weighted by molar-refractivity contribution is 0.152. The van der Waals surface area contributed by atoms with Gasteiger partial charge in [-0.2, -0.15) is 5.10 Å². The summed E-state index contributed by atoms with van der Waals surface area (Å²) >= 11 is 11.6. The van der Waals surface area contributed by atoms with Crippen molar-refractivity contribution in [3.63, 3.8) is 0 Å². The summed E-state index contributed by atoms with van der Waals surface area (Å²) in [6.07, 6.45) is -0.644. The summed E-state index contributed by atoms with van der Waals surface area (Å²) in [5, 5.41) is 3.84. The molecule has 1 rings (SSSR count). The van der Waals surface area contributed by atoms with Crippen LogP contribution in [0.1, 0.15) is 12.5 Å². The van der Waals surface area contributed by atoms with Crippen molar-refractivity contribution in [2.75, 3.05) is 6.61 Å². The van der Waals surface area contributed by atoms with Gasteiger partial charge in [-0.05, 0) is 6.92 Å². The standard InChI is InChI=1S/C11H12Cl2N2O2/c1-2-17-11(16)15-14-9(10(12)13)8-6-4-3-5-7-8/h3-7,10H,2H2,1H3,(H,15,16)/b14-9-. The van der Waals surface area contributed by atoms with E-state index in [1.54, 1.807) is 19.1 Å². The van der Waals surface area contributed by atoms with Gasteiger partial charge in [-0.15, -0.1) is 0 Å². The molecule has 0 aliphatic carbocycles. The van der Waals surface area contributed by atoms with E-state index in [0.717, 1.165) is 5.56 Å². The van der Waals surface area contributed by atoms with Crippen LogP contribution >= 0.6 is 23.2 Å². The monoisotopic (exact) mass is 274 g/mol. The van der Waals surface area contributed by atoms with Gasteiger partial charge in [0.25, 0.3) is 0 Å². The molecule has 0 heterocycles. The molecule has 1 amide bonds. The van der Waals surface area contributed by atoms with Gasteiger partial charge in [-0.1, -0.05) is 53.5 Å². The van der Waals surface area contributed by atoms with E-state index in [4.69, 9.17) is 23.2 Å². The first-order valence-electron chi connectivity index (χ1n) is 4.99.